The predicted molar refractivity (Wildman–Crippen MR) is 117 cm³/mol. The van der Waals surface area contributed by atoms with Crippen LogP contribution in [-0.2, 0) is 10.0 Å². The monoisotopic (exact) mass is 439 g/mol. The van der Waals surface area contributed by atoms with Gasteiger partial charge in [0, 0.05) is 47.4 Å². The second-order valence-corrected chi connectivity index (χ2v) is 9.76. The third-order valence-electron chi connectivity index (χ3n) is 5.80. The van der Waals surface area contributed by atoms with Crippen LogP contribution in [0.4, 0.5) is 4.39 Å². The fraction of sp³-hybridized carbons (Fsp3) is 0.261. The van der Waals surface area contributed by atoms with Crippen molar-refractivity contribution in [2.45, 2.75) is 30.2 Å². The molecule has 1 aliphatic carbocycles. The van der Waals surface area contributed by atoms with E-state index in [0.29, 0.717) is 25.1 Å². The minimum Gasteiger partial charge on any atom is -0.360 e. The van der Waals surface area contributed by atoms with Crippen LogP contribution in [0.15, 0.2) is 59.6 Å². The minimum absolute atomic E-state index is 0.0387. The van der Waals surface area contributed by atoms with Crippen molar-refractivity contribution in [3.05, 3.63) is 71.7 Å². The van der Waals surface area contributed by atoms with E-state index in [1.54, 1.807) is 23.1 Å². The maximum atomic E-state index is 13.4. The highest BCUT2D eigenvalue weighted by Crippen LogP contribution is 2.30. The first-order valence-corrected chi connectivity index (χ1v) is 11.8. The molecular formula is C23H22FN3O3S. The largest absolute Gasteiger partial charge is 0.360 e. The Hall–Kier alpha value is -2.97. The van der Waals surface area contributed by atoms with Crippen molar-refractivity contribution in [3.8, 4) is 0 Å². The maximum absolute atomic E-state index is 13.4. The molecule has 0 atom stereocenters. The van der Waals surface area contributed by atoms with Gasteiger partial charge in [0.25, 0.3) is 5.91 Å². The molecule has 8 heteroatoms. The number of fused-ring (bicyclic) bond motifs is 1. The Morgan fingerprint density at radius 2 is 1.90 bits per heavy atom. The molecule has 0 bridgehead atoms. The average molecular weight is 440 g/mol. The molecular weight excluding hydrogens is 417 g/mol. The molecule has 6 nitrogen and oxygen atoms in total. The minimum atomic E-state index is -3.53. The number of nitrogens with zero attached hydrogens (tertiary/aromatic N) is 1. The molecule has 0 saturated heterocycles. The summed E-state index contributed by atoms with van der Waals surface area (Å²) in [6.07, 6.45) is 6.33. The standard InChI is InChI=1S/C23H22FN3O3S/c24-17-3-8-20-21(14-25-22(20)13-17)15-9-11-27(12-10-15)23(28)16-1-6-19(7-2-16)31(29,30)26-18-4-5-18/h1-3,6-9,13-14,18,25-26H,4-5,10-12H2. The third kappa shape index (κ3) is 4.00. The third-order valence-corrected chi connectivity index (χ3v) is 7.33. The fourth-order valence-corrected chi connectivity index (χ4v) is 5.22. The number of sulfonamides is 1. The van der Waals surface area contributed by atoms with E-state index in [2.05, 4.69) is 9.71 Å². The molecule has 2 heterocycles. The Balaban J connectivity index is 1.29. The summed E-state index contributed by atoms with van der Waals surface area (Å²) in [4.78, 5) is 17.9. The first-order valence-electron chi connectivity index (χ1n) is 10.3. The Labute approximate surface area is 179 Å². The van der Waals surface area contributed by atoms with Gasteiger partial charge in [-0.15, -0.1) is 0 Å². The highest BCUT2D eigenvalue weighted by Gasteiger charge is 2.28. The molecule has 2 aromatic carbocycles. The highest BCUT2D eigenvalue weighted by molar-refractivity contribution is 7.89. The van der Waals surface area contributed by atoms with Gasteiger partial charge in [0.1, 0.15) is 5.82 Å². The SMILES string of the molecule is O=C(c1ccc(S(=O)(=O)NC2CC2)cc1)N1CC=C(c2c[nH]c3cc(F)ccc23)CC1. The van der Waals surface area contributed by atoms with Crippen LogP contribution >= 0.6 is 0 Å². The number of halogens is 1. The lowest BCUT2D eigenvalue weighted by molar-refractivity contribution is 0.0773. The zero-order valence-electron chi connectivity index (χ0n) is 16.8. The molecule has 2 aliphatic rings. The van der Waals surface area contributed by atoms with Crippen LogP contribution in [0.2, 0.25) is 0 Å². The Morgan fingerprint density at radius 3 is 2.58 bits per heavy atom. The molecule has 31 heavy (non-hydrogen) atoms. The van der Waals surface area contributed by atoms with Crippen LogP contribution in [-0.4, -0.2) is 43.3 Å². The first kappa shape index (κ1) is 20.0. The number of hydrogen-bond acceptors (Lipinski definition) is 3. The van der Waals surface area contributed by atoms with Crippen molar-refractivity contribution in [2.24, 2.45) is 0 Å². The van der Waals surface area contributed by atoms with Crippen molar-refractivity contribution < 1.29 is 17.6 Å². The van der Waals surface area contributed by atoms with Gasteiger partial charge in [0.15, 0.2) is 0 Å². The molecule has 0 radical (unpaired) electrons. The number of amides is 1. The average Bonchev–Trinajstić information content (AvgIpc) is 3.48. The maximum Gasteiger partial charge on any atom is 0.254 e. The van der Waals surface area contributed by atoms with E-state index >= 15 is 0 Å². The van der Waals surface area contributed by atoms with Crippen LogP contribution in [0.5, 0.6) is 0 Å². The lowest BCUT2D eigenvalue weighted by atomic mass is 9.98. The van der Waals surface area contributed by atoms with E-state index in [-0.39, 0.29) is 22.7 Å². The van der Waals surface area contributed by atoms with Gasteiger partial charge in [-0.3, -0.25) is 4.79 Å². The first-order chi connectivity index (χ1) is 14.9. The summed E-state index contributed by atoms with van der Waals surface area (Å²) < 4.78 is 40.6. The zero-order valence-corrected chi connectivity index (χ0v) is 17.6. The van der Waals surface area contributed by atoms with E-state index in [4.69, 9.17) is 0 Å². The Kier molecular flexibility index (Phi) is 4.91. The normalized spacial score (nSPS) is 17.1. The summed E-state index contributed by atoms with van der Waals surface area (Å²) in [5, 5.41) is 0.962. The highest BCUT2D eigenvalue weighted by atomic mass is 32.2. The zero-order chi connectivity index (χ0) is 21.6. The van der Waals surface area contributed by atoms with Crippen LogP contribution in [0.25, 0.3) is 16.5 Å². The molecule has 1 aromatic heterocycles. The lowest BCUT2D eigenvalue weighted by Crippen LogP contribution is -2.34. The van der Waals surface area contributed by atoms with Gasteiger partial charge in [-0.1, -0.05) is 6.08 Å². The van der Waals surface area contributed by atoms with Gasteiger partial charge in [-0.2, -0.15) is 0 Å². The number of carbonyl (C=O) groups excluding carboxylic acids is 1. The van der Waals surface area contributed by atoms with Crippen molar-refractivity contribution in [1.29, 1.82) is 0 Å². The summed E-state index contributed by atoms with van der Waals surface area (Å²) in [7, 11) is -3.53. The molecule has 1 fully saturated rings. The molecule has 0 spiro atoms. The molecule has 2 N–H and O–H groups in total. The number of H-pyrrole nitrogens is 1. The number of aromatic amines is 1. The Morgan fingerprint density at radius 1 is 1.13 bits per heavy atom. The molecule has 160 valence electrons. The van der Waals surface area contributed by atoms with Gasteiger partial charge < -0.3 is 9.88 Å². The number of nitrogens with one attached hydrogen (secondary N) is 2. The van der Waals surface area contributed by atoms with Gasteiger partial charge >= 0.3 is 0 Å². The molecule has 3 aromatic rings. The van der Waals surface area contributed by atoms with E-state index in [0.717, 1.165) is 34.9 Å². The van der Waals surface area contributed by atoms with Crippen molar-refractivity contribution in [1.82, 2.24) is 14.6 Å². The molecule has 5 rings (SSSR count). The van der Waals surface area contributed by atoms with Gasteiger partial charge in [0.05, 0.1) is 4.90 Å². The van der Waals surface area contributed by atoms with Crippen LogP contribution < -0.4 is 4.72 Å². The van der Waals surface area contributed by atoms with Crippen LogP contribution in [0.1, 0.15) is 35.2 Å². The number of aromatic nitrogens is 1. The topological polar surface area (TPSA) is 82.3 Å². The summed E-state index contributed by atoms with van der Waals surface area (Å²) in [6.45, 7) is 1.02. The Bertz CT molecular complexity index is 1290. The molecule has 0 unspecified atom stereocenters. The van der Waals surface area contributed by atoms with Crippen LogP contribution in [0, 0.1) is 5.82 Å². The van der Waals surface area contributed by atoms with Gasteiger partial charge in [-0.05, 0) is 67.3 Å². The quantitative estimate of drug-likeness (QED) is 0.636. The van der Waals surface area contributed by atoms with Gasteiger partial charge in [-0.25, -0.2) is 17.5 Å². The van der Waals surface area contributed by atoms with Crippen molar-refractivity contribution >= 4 is 32.4 Å². The smallest absolute Gasteiger partial charge is 0.254 e. The summed E-state index contributed by atoms with van der Waals surface area (Å²) >= 11 is 0. The lowest BCUT2D eigenvalue weighted by Gasteiger charge is -2.26. The molecule has 1 aliphatic heterocycles. The van der Waals surface area contributed by atoms with E-state index < -0.39 is 10.0 Å². The second-order valence-electron chi connectivity index (χ2n) is 8.04. The van der Waals surface area contributed by atoms with E-state index in [1.165, 1.54) is 24.3 Å². The predicted octanol–water partition coefficient (Wildman–Crippen LogP) is 3.68. The van der Waals surface area contributed by atoms with Crippen LogP contribution in [0.3, 0.4) is 0 Å². The summed E-state index contributed by atoms with van der Waals surface area (Å²) in [5.74, 6) is -0.409. The number of carbonyl (C=O) groups is 1. The summed E-state index contributed by atoms with van der Waals surface area (Å²) in [5.41, 5.74) is 3.36. The van der Waals surface area contributed by atoms with E-state index in [1.807, 2.05) is 12.3 Å². The number of benzene rings is 2. The second kappa shape index (κ2) is 7.62. The van der Waals surface area contributed by atoms with Crippen molar-refractivity contribution in [2.75, 3.05) is 13.1 Å². The van der Waals surface area contributed by atoms with Gasteiger partial charge in [0.2, 0.25) is 10.0 Å². The fourth-order valence-electron chi connectivity index (χ4n) is 3.91. The number of rotatable bonds is 5. The number of hydrogen-bond donors (Lipinski definition) is 2. The van der Waals surface area contributed by atoms with E-state index in [9.17, 15) is 17.6 Å². The van der Waals surface area contributed by atoms with Crippen molar-refractivity contribution in [3.63, 3.8) is 0 Å². The molecule has 1 saturated carbocycles. The summed E-state index contributed by atoms with van der Waals surface area (Å²) in [6, 6.07) is 10.8. The molecule has 1 amide bonds.